The zero-order valence-corrected chi connectivity index (χ0v) is 11.6. The Morgan fingerprint density at radius 1 is 1.00 bits per heavy atom. The second-order valence-corrected chi connectivity index (χ2v) is 3.38. The summed E-state index contributed by atoms with van der Waals surface area (Å²) in [5, 5.41) is 15.9. The molecular formula is C16H22O4. The molecule has 0 heterocycles. The van der Waals surface area contributed by atoms with Gasteiger partial charge in [-0.2, -0.15) is 0 Å². The van der Waals surface area contributed by atoms with E-state index in [0.29, 0.717) is 13.3 Å². The highest BCUT2D eigenvalue weighted by Crippen LogP contribution is 1.86. The third-order valence-electron chi connectivity index (χ3n) is 1.61. The molecule has 0 bridgehead atoms. The molecule has 110 valence electrons. The molecule has 20 heavy (non-hydrogen) atoms. The van der Waals surface area contributed by atoms with Gasteiger partial charge in [-0.25, -0.2) is 9.59 Å². The summed E-state index contributed by atoms with van der Waals surface area (Å²) < 4.78 is 6.71. The lowest BCUT2D eigenvalue weighted by atomic mass is 10.3. The molecule has 2 N–H and O–H groups in total. The molecule has 4 heteroatoms. The Morgan fingerprint density at radius 3 is 1.70 bits per heavy atom. The fraction of sp³-hybridized carbons (Fsp3) is 0.250. The van der Waals surface area contributed by atoms with E-state index in [9.17, 15) is 9.59 Å². The minimum absolute atomic E-state index is 0.365. The second-order valence-electron chi connectivity index (χ2n) is 3.38. The Kier molecular flexibility index (Phi) is 14.7. The molecule has 0 aliphatic heterocycles. The number of aliphatic carboxylic acids is 2. The molecular weight excluding hydrogens is 256 g/mol. The van der Waals surface area contributed by atoms with E-state index >= 15 is 0 Å². The van der Waals surface area contributed by atoms with Gasteiger partial charge in [-0.05, 0) is 13.3 Å². The molecule has 0 radical (unpaired) electrons. The van der Waals surface area contributed by atoms with Crippen molar-refractivity contribution in [1.82, 2.24) is 0 Å². The standard InChI is InChI=1S/C6H10O2.C6H6.C4H6O2/c1-2-3-4-5-6(7)8;1-2-4-6-5-3-1;1-2-3-4(5)6/h4-5H,2-3H2,1H3,(H,7,8);1-6H;2-3H,1H3,(H,5,6)/i1T;;. The van der Waals surface area contributed by atoms with Crippen molar-refractivity contribution in [3.8, 4) is 0 Å². The van der Waals surface area contributed by atoms with Gasteiger partial charge in [0.1, 0.15) is 0 Å². The van der Waals surface area contributed by atoms with E-state index in [1.165, 1.54) is 6.08 Å². The van der Waals surface area contributed by atoms with Crippen molar-refractivity contribution in [2.75, 3.05) is 0 Å². The summed E-state index contributed by atoms with van der Waals surface area (Å²) >= 11 is 0. The molecule has 0 atom stereocenters. The predicted octanol–water partition coefficient (Wildman–Crippen LogP) is 3.76. The first-order valence-corrected chi connectivity index (χ1v) is 6.09. The van der Waals surface area contributed by atoms with Gasteiger partial charge in [0, 0.05) is 13.5 Å². The fourth-order valence-corrected chi connectivity index (χ4v) is 0.829. The lowest BCUT2D eigenvalue weighted by molar-refractivity contribution is -0.132. The summed E-state index contributed by atoms with van der Waals surface area (Å²) in [6.45, 7) is 2.03. The van der Waals surface area contributed by atoms with Crippen LogP contribution in [0.2, 0.25) is 0 Å². The maximum Gasteiger partial charge on any atom is 0.327 e. The molecule has 0 saturated heterocycles. The van der Waals surface area contributed by atoms with Crippen LogP contribution in [-0.4, -0.2) is 22.2 Å². The zero-order valence-electron chi connectivity index (χ0n) is 12.6. The molecule has 0 aliphatic rings. The third kappa shape index (κ3) is 24.7. The van der Waals surface area contributed by atoms with Gasteiger partial charge >= 0.3 is 11.9 Å². The van der Waals surface area contributed by atoms with E-state index in [2.05, 4.69) is 0 Å². The number of hydrogen-bond acceptors (Lipinski definition) is 2. The summed E-state index contributed by atoms with van der Waals surface area (Å²) in [6, 6.07) is 12.0. The van der Waals surface area contributed by atoms with Crippen LogP contribution < -0.4 is 0 Å². The van der Waals surface area contributed by atoms with Crippen LogP contribution in [0.1, 0.15) is 28.0 Å². The number of carboxylic acids is 2. The van der Waals surface area contributed by atoms with Gasteiger partial charge in [-0.15, -0.1) is 0 Å². The SMILES string of the molecule is CC=CC(=O)O.[3H]CCCC=CC(=O)O.c1ccccc1. The molecule has 1 rings (SSSR count). The molecule has 0 spiro atoms. The van der Waals surface area contributed by atoms with Crippen LogP contribution in [0, 0.1) is 0 Å². The van der Waals surface area contributed by atoms with E-state index in [1.807, 2.05) is 36.4 Å². The van der Waals surface area contributed by atoms with E-state index in [0.717, 1.165) is 18.6 Å². The lowest BCUT2D eigenvalue weighted by Gasteiger charge is -1.79. The van der Waals surface area contributed by atoms with Crippen molar-refractivity contribution < 1.29 is 21.2 Å². The van der Waals surface area contributed by atoms with E-state index in [4.69, 9.17) is 11.6 Å². The molecule has 0 fully saturated rings. The average molecular weight is 280 g/mol. The van der Waals surface area contributed by atoms with Crippen molar-refractivity contribution in [3.05, 3.63) is 60.7 Å². The minimum atomic E-state index is -0.917. The van der Waals surface area contributed by atoms with Gasteiger partial charge in [0.15, 0.2) is 0 Å². The zero-order chi connectivity index (χ0) is 16.3. The lowest BCUT2D eigenvalue weighted by Crippen LogP contribution is -1.84. The molecule has 0 amide bonds. The smallest absolute Gasteiger partial charge is 0.327 e. The van der Waals surface area contributed by atoms with Crippen molar-refractivity contribution in [1.29, 1.82) is 0 Å². The van der Waals surface area contributed by atoms with Crippen LogP contribution in [0.5, 0.6) is 0 Å². The van der Waals surface area contributed by atoms with E-state index < -0.39 is 11.9 Å². The first kappa shape index (κ1) is 17.6. The number of rotatable bonds is 4. The Morgan fingerprint density at radius 2 is 1.45 bits per heavy atom. The monoisotopic (exact) mass is 280 g/mol. The van der Waals surface area contributed by atoms with Gasteiger partial charge in [-0.1, -0.05) is 61.9 Å². The summed E-state index contributed by atoms with van der Waals surface area (Å²) in [7, 11) is 0. The average Bonchev–Trinajstić information content (AvgIpc) is 2.46. The number of carbonyl (C=O) groups is 2. The number of unbranched alkanes of at least 4 members (excludes halogenated alkanes) is 1. The first-order chi connectivity index (χ1) is 10.0. The molecule has 0 aromatic heterocycles. The molecule has 1 aromatic carbocycles. The van der Waals surface area contributed by atoms with E-state index in [-0.39, 0.29) is 0 Å². The largest absolute Gasteiger partial charge is 0.478 e. The number of carboxylic acid groups (broad SMARTS) is 2. The molecule has 1 aromatic rings. The maximum absolute atomic E-state index is 9.83. The normalized spacial score (nSPS) is 9.95. The van der Waals surface area contributed by atoms with Crippen molar-refractivity contribution >= 4 is 11.9 Å². The molecule has 0 aliphatic carbocycles. The van der Waals surface area contributed by atoms with Gasteiger partial charge in [0.2, 0.25) is 0 Å². The second kappa shape index (κ2) is 16.6. The molecule has 4 nitrogen and oxygen atoms in total. The summed E-state index contributed by atoms with van der Waals surface area (Å²) in [6.07, 6.45) is 6.66. The highest BCUT2D eigenvalue weighted by atomic mass is 16.4. The van der Waals surface area contributed by atoms with Crippen LogP contribution in [0.3, 0.4) is 0 Å². The topological polar surface area (TPSA) is 74.6 Å². The van der Waals surface area contributed by atoms with Crippen molar-refractivity contribution in [3.63, 3.8) is 0 Å². The quantitative estimate of drug-likeness (QED) is 0.650. The van der Waals surface area contributed by atoms with Crippen LogP contribution in [0.4, 0.5) is 0 Å². The van der Waals surface area contributed by atoms with Crippen LogP contribution in [-0.2, 0) is 9.59 Å². The Bertz CT molecular complexity index is 387. The Hall–Kier alpha value is -2.36. The summed E-state index contributed by atoms with van der Waals surface area (Å²) in [5.74, 6) is -1.81. The maximum atomic E-state index is 9.83. The Balaban J connectivity index is 0. The molecule has 0 saturated carbocycles. The van der Waals surface area contributed by atoms with Gasteiger partial charge in [-0.3, -0.25) is 0 Å². The number of hydrogen-bond donors (Lipinski definition) is 2. The highest BCUT2D eigenvalue weighted by Gasteiger charge is 1.81. The van der Waals surface area contributed by atoms with Gasteiger partial charge in [0.25, 0.3) is 0 Å². The van der Waals surface area contributed by atoms with Crippen molar-refractivity contribution in [2.45, 2.75) is 26.7 Å². The van der Waals surface area contributed by atoms with Gasteiger partial charge in [0.05, 0.1) is 0 Å². The van der Waals surface area contributed by atoms with E-state index in [1.54, 1.807) is 13.0 Å². The summed E-state index contributed by atoms with van der Waals surface area (Å²) in [5.41, 5.74) is 0. The highest BCUT2D eigenvalue weighted by molar-refractivity contribution is 5.79. The first-order valence-electron chi connectivity index (χ1n) is 6.79. The number of allylic oxidation sites excluding steroid dienone is 2. The number of benzene rings is 1. The molecule has 0 unspecified atom stereocenters. The minimum Gasteiger partial charge on any atom is -0.478 e. The van der Waals surface area contributed by atoms with Crippen LogP contribution >= 0.6 is 0 Å². The third-order valence-corrected chi connectivity index (χ3v) is 1.61. The summed E-state index contributed by atoms with van der Waals surface area (Å²) in [4.78, 5) is 19.3. The van der Waals surface area contributed by atoms with Crippen molar-refractivity contribution in [2.24, 2.45) is 0 Å². The van der Waals surface area contributed by atoms with Gasteiger partial charge < -0.3 is 10.2 Å². The fourth-order valence-electron chi connectivity index (χ4n) is 0.829. The predicted molar refractivity (Wildman–Crippen MR) is 80.6 cm³/mol. The Labute approximate surface area is 121 Å². The van der Waals surface area contributed by atoms with Crippen LogP contribution in [0.15, 0.2) is 60.7 Å². The van der Waals surface area contributed by atoms with Crippen LogP contribution in [0.25, 0.3) is 0 Å².